The monoisotopic (exact) mass is 378 g/mol. The first-order valence-electron chi connectivity index (χ1n) is 8.70. The minimum absolute atomic E-state index is 0.127. The summed E-state index contributed by atoms with van der Waals surface area (Å²) in [6, 6.07) is 3.63. The van der Waals surface area contributed by atoms with Crippen LogP contribution in [0.3, 0.4) is 0 Å². The predicted octanol–water partition coefficient (Wildman–Crippen LogP) is 3.40. The fraction of sp³-hybridized carbons (Fsp3) is 0.500. The molecule has 0 saturated carbocycles. The number of pyridine rings is 1. The minimum atomic E-state index is -0.257. The largest absolute Gasteiger partial charge is 0.354 e. The van der Waals surface area contributed by atoms with Crippen molar-refractivity contribution >= 4 is 11.6 Å². The lowest BCUT2D eigenvalue weighted by Gasteiger charge is -2.34. The first-order chi connectivity index (χ1) is 12.5. The van der Waals surface area contributed by atoms with Crippen molar-refractivity contribution < 1.29 is 9.66 Å². The summed E-state index contributed by atoms with van der Waals surface area (Å²) in [4.78, 5) is 19.5. The van der Waals surface area contributed by atoms with E-state index < -0.39 is 0 Å². The Morgan fingerprint density at radius 3 is 2.92 bits per heavy atom. The molecular weight excluding hydrogens is 356 g/mol. The molecule has 0 N–H and O–H groups in total. The molecule has 1 aromatic rings. The van der Waals surface area contributed by atoms with E-state index in [4.69, 9.17) is 16.3 Å². The van der Waals surface area contributed by atoms with Crippen molar-refractivity contribution in [2.75, 3.05) is 19.7 Å². The van der Waals surface area contributed by atoms with Crippen LogP contribution in [0.4, 0.5) is 0 Å². The van der Waals surface area contributed by atoms with Crippen LogP contribution in [0, 0.1) is 10.1 Å². The van der Waals surface area contributed by atoms with Crippen molar-refractivity contribution in [2.24, 2.45) is 0 Å². The second-order valence-corrected chi connectivity index (χ2v) is 7.13. The van der Waals surface area contributed by atoms with E-state index in [1.54, 1.807) is 12.3 Å². The summed E-state index contributed by atoms with van der Waals surface area (Å²) in [5.41, 5.74) is 2.44. The van der Waals surface area contributed by atoms with E-state index in [2.05, 4.69) is 4.98 Å². The topological polar surface area (TPSA) is 71.7 Å². The highest BCUT2D eigenvalue weighted by Gasteiger charge is 2.41. The summed E-state index contributed by atoms with van der Waals surface area (Å²) in [5, 5.41) is 12.0. The molecule has 0 amide bonds. The van der Waals surface area contributed by atoms with Gasteiger partial charge in [0.25, 0.3) is 5.70 Å². The zero-order valence-electron chi connectivity index (χ0n) is 15.0. The molecule has 0 aromatic carbocycles. The molecule has 0 radical (unpaired) electrons. The lowest BCUT2D eigenvalue weighted by Crippen LogP contribution is -2.40. The van der Waals surface area contributed by atoms with E-state index >= 15 is 0 Å². The minimum Gasteiger partial charge on any atom is -0.354 e. The first-order valence-corrected chi connectivity index (χ1v) is 9.08. The van der Waals surface area contributed by atoms with E-state index in [1.807, 2.05) is 35.8 Å². The first kappa shape index (κ1) is 18.7. The van der Waals surface area contributed by atoms with Crippen LogP contribution in [-0.4, -0.2) is 45.6 Å². The molecule has 1 atom stereocenters. The standard InChI is InChI=1S/C18H23ClN4O3/c1-13(2)7-10-26-17-6-4-15(23(24)25)18-21(8-9-22(17)18)12-14-3-5-16(19)20-11-14/h3,5,7,11,17H,4,6,8-10,12H2,1-2H3. The van der Waals surface area contributed by atoms with Crippen LogP contribution in [0.5, 0.6) is 0 Å². The maximum atomic E-state index is 11.6. The lowest BCUT2D eigenvalue weighted by molar-refractivity contribution is -0.433. The van der Waals surface area contributed by atoms with Crippen LogP contribution in [0.15, 0.2) is 41.5 Å². The maximum Gasteiger partial charge on any atom is 0.286 e. The van der Waals surface area contributed by atoms with Gasteiger partial charge in [-0.05, 0) is 25.5 Å². The summed E-state index contributed by atoms with van der Waals surface area (Å²) in [7, 11) is 0. The summed E-state index contributed by atoms with van der Waals surface area (Å²) < 4.78 is 5.99. The third kappa shape index (κ3) is 4.16. The predicted molar refractivity (Wildman–Crippen MR) is 98.8 cm³/mol. The van der Waals surface area contributed by atoms with Gasteiger partial charge in [0, 0.05) is 38.7 Å². The Balaban J connectivity index is 1.79. The molecule has 2 aliphatic heterocycles. The van der Waals surface area contributed by atoms with Gasteiger partial charge in [-0.15, -0.1) is 0 Å². The number of aromatic nitrogens is 1. The zero-order chi connectivity index (χ0) is 18.7. The van der Waals surface area contributed by atoms with Crippen molar-refractivity contribution in [1.29, 1.82) is 0 Å². The van der Waals surface area contributed by atoms with Crippen LogP contribution < -0.4 is 0 Å². The van der Waals surface area contributed by atoms with Crippen LogP contribution in [-0.2, 0) is 11.3 Å². The molecule has 0 bridgehead atoms. The third-order valence-electron chi connectivity index (χ3n) is 4.58. The van der Waals surface area contributed by atoms with E-state index in [0.29, 0.717) is 43.5 Å². The van der Waals surface area contributed by atoms with Gasteiger partial charge in [0.15, 0.2) is 5.82 Å². The van der Waals surface area contributed by atoms with Gasteiger partial charge in [-0.3, -0.25) is 10.1 Å². The van der Waals surface area contributed by atoms with Crippen molar-refractivity contribution in [3.8, 4) is 0 Å². The Morgan fingerprint density at radius 2 is 2.27 bits per heavy atom. The van der Waals surface area contributed by atoms with E-state index in [0.717, 1.165) is 12.1 Å². The highest BCUT2D eigenvalue weighted by Crippen LogP contribution is 2.34. The number of allylic oxidation sites excluding steroid dienone is 2. The molecule has 1 saturated heterocycles. The van der Waals surface area contributed by atoms with Gasteiger partial charge in [0.2, 0.25) is 0 Å². The zero-order valence-corrected chi connectivity index (χ0v) is 15.8. The Hall–Kier alpha value is -2.12. The number of hydrogen-bond acceptors (Lipinski definition) is 6. The van der Waals surface area contributed by atoms with Crippen molar-refractivity contribution in [2.45, 2.75) is 39.5 Å². The fourth-order valence-electron chi connectivity index (χ4n) is 3.32. The molecule has 2 aliphatic rings. The molecule has 26 heavy (non-hydrogen) atoms. The quantitative estimate of drug-likeness (QED) is 0.327. The van der Waals surface area contributed by atoms with Gasteiger partial charge >= 0.3 is 0 Å². The molecule has 7 nitrogen and oxygen atoms in total. The highest BCUT2D eigenvalue weighted by molar-refractivity contribution is 6.29. The number of rotatable bonds is 6. The van der Waals surface area contributed by atoms with E-state index in [-0.39, 0.29) is 16.8 Å². The summed E-state index contributed by atoms with van der Waals surface area (Å²) in [6.45, 7) is 6.57. The van der Waals surface area contributed by atoms with Crippen LogP contribution in [0.2, 0.25) is 5.15 Å². The summed E-state index contributed by atoms with van der Waals surface area (Å²) in [5.74, 6) is 0.679. The highest BCUT2D eigenvalue weighted by atomic mass is 35.5. The number of hydrogen-bond donors (Lipinski definition) is 0. The fourth-order valence-corrected chi connectivity index (χ4v) is 3.44. The lowest BCUT2D eigenvalue weighted by atomic mass is 10.1. The van der Waals surface area contributed by atoms with Crippen LogP contribution in [0.1, 0.15) is 32.3 Å². The molecular formula is C18H23ClN4O3. The van der Waals surface area contributed by atoms with Gasteiger partial charge in [0.1, 0.15) is 11.4 Å². The van der Waals surface area contributed by atoms with E-state index in [1.165, 1.54) is 5.57 Å². The summed E-state index contributed by atoms with van der Waals surface area (Å²) >= 11 is 5.84. The molecule has 0 aliphatic carbocycles. The van der Waals surface area contributed by atoms with Crippen molar-refractivity contribution in [3.63, 3.8) is 0 Å². The van der Waals surface area contributed by atoms with Gasteiger partial charge in [-0.2, -0.15) is 0 Å². The molecule has 3 heterocycles. The number of ether oxygens (including phenoxy) is 1. The van der Waals surface area contributed by atoms with Crippen molar-refractivity contribution in [3.05, 3.63) is 62.3 Å². The Bertz CT molecular complexity index is 728. The molecule has 1 aromatic heterocycles. The number of nitrogens with zero attached hydrogens (tertiary/aromatic N) is 4. The van der Waals surface area contributed by atoms with Crippen molar-refractivity contribution in [1.82, 2.24) is 14.8 Å². The number of nitro groups is 1. The Morgan fingerprint density at radius 1 is 1.46 bits per heavy atom. The van der Waals surface area contributed by atoms with Gasteiger partial charge in [-0.25, -0.2) is 4.98 Å². The average Bonchev–Trinajstić information content (AvgIpc) is 3.00. The normalized spacial score (nSPS) is 19.6. The maximum absolute atomic E-state index is 11.6. The third-order valence-corrected chi connectivity index (χ3v) is 4.80. The molecule has 1 fully saturated rings. The summed E-state index contributed by atoms with van der Waals surface area (Å²) in [6.07, 6.45) is 4.65. The molecule has 3 rings (SSSR count). The molecule has 8 heteroatoms. The van der Waals surface area contributed by atoms with Gasteiger partial charge in [-0.1, -0.05) is 29.3 Å². The second-order valence-electron chi connectivity index (χ2n) is 6.74. The molecule has 140 valence electrons. The van der Waals surface area contributed by atoms with Crippen LogP contribution >= 0.6 is 11.6 Å². The van der Waals surface area contributed by atoms with Gasteiger partial charge < -0.3 is 14.5 Å². The van der Waals surface area contributed by atoms with E-state index in [9.17, 15) is 10.1 Å². The van der Waals surface area contributed by atoms with Gasteiger partial charge in [0.05, 0.1) is 11.5 Å². The average molecular weight is 379 g/mol. The Labute approximate surface area is 158 Å². The van der Waals surface area contributed by atoms with Crippen LogP contribution in [0.25, 0.3) is 0 Å². The number of halogens is 1. The molecule has 1 unspecified atom stereocenters. The second kappa shape index (κ2) is 8.05. The smallest absolute Gasteiger partial charge is 0.286 e. The Kier molecular flexibility index (Phi) is 5.78. The SMILES string of the molecule is CC(C)=CCOC1CCC([N+](=O)[O-])=C2N(Cc3ccc(Cl)nc3)CCN21. The molecule has 0 spiro atoms. The number of fused-ring (bicyclic) bond motifs is 1.